The van der Waals surface area contributed by atoms with Crippen molar-refractivity contribution in [2.75, 3.05) is 46.2 Å². The summed E-state index contributed by atoms with van der Waals surface area (Å²) in [6.45, 7) is -4.21. The van der Waals surface area contributed by atoms with Gasteiger partial charge in [0.05, 0.1) is 52.4 Å². The Balaban J connectivity index is 1.03. The van der Waals surface area contributed by atoms with Gasteiger partial charge in [0, 0.05) is 13.8 Å². The lowest BCUT2D eigenvalue weighted by molar-refractivity contribution is -0.405. The molecular weight excluding hydrogens is 1290 g/mol. The Labute approximate surface area is 532 Å². The number of nitrogens with one attached hydrogen (secondary N) is 2. The van der Waals surface area contributed by atoms with E-state index in [9.17, 15) is 127 Å². The van der Waals surface area contributed by atoms with E-state index < -0.39 is 304 Å². The minimum Gasteiger partial charge on any atom is -0.394 e. The van der Waals surface area contributed by atoms with Gasteiger partial charge in [-0.2, -0.15) is 0 Å². The van der Waals surface area contributed by atoms with Gasteiger partial charge < -0.3 is 199 Å². The molecule has 2 amide bonds. The van der Waals surface area contributed by atoms with Crippen LogP contribution in [0.1, 0.15) is 20.8 Å². The van der Waals surface area contributed by atoms with Gasteiger partial charge in [0.2, 0.25) is 11.8 Å². The SMILES string of the molecule is CC(=O)N[C@H]1[C@H](O[C@H]2[C@@H](O)[C@@H](CO)O[C@@H](O[C@H]3[C@H](O)[C@@H](O)C(O)O[C@@H]3CO)[C@@H]2O)O[C@H](CO)[C@@H](O[C@@H]2O[C@H](CO)[C@H](O)[C@H](O[C@@H]3O[C@H](CO)[C@@H](O[C@@H]4O[C@H](CO)[C@H](O)[C@H](O[C@H]5O[C@H](CO)[C@H](O)[C@H](O)[C@H]5O)[C@H]4O[C@@H]4O[C@@H](C)[C@@H](O)[C@@H](O)[C@@H]4O)[C@H](O)[C@H]3NC(C)=O)[C@H]2O)[C@@H]1O. The maximum atomic E-state index is 13.0. The van der Waals surface area contributed by atoms with Gasteiger partial charge in [-0.3, -0.25) is 9.59 Å². The molecule has 0 aromatic rings. The number of aliphatic hydroxyl groups excluding tert-OH is 23. The second kappa shape index (κ2) is 33.3. The summed E-state index contributed by atoms with van der Waals surface area (Å²) in [4.78, 5) is 25.7. The lowest BCUT2D eigenvalue weighted by Gasteiger charge is -2.51. The van der Waals surface area contributed by atoms with E-state index in [0.29, 0.717) is 0 Å². The average Bonchev–Trinajstić information content (AvgIpc) is 0.773. The monoisotopic (exact) mass is 1380 g/mol. The third-order valence-electron chi connectivity index (χ3n) is 17.4. The van der Waals surface area contributed by atoms with Crippen LogP contribution in [-0.2, 0) is 80.6 Å². The predicted molar refractivity (Wildman–Crippen MR) is 286 cm³/mol. The number of amides is 2. The highest BCUT2D eigenvalue weighted by molar-refractivity contribution is 5.73. The van der Waals surface area contributed by atoms with Crippen LogP contribution in [0.3, 0.4) is 0 Å². The molecule has 0 aromatic carbocycles. The molecule has 1 unspecified atom stereocenters. The van der Waals surface area contributed by atoms with Crippen LogP contribution in [0.15, 0.2) is 0 Å². The number of hydrogen-bond acceptors (Lipinski definition) is 40. The van der Waals surface area contributed by atoms with Crippen molar-refractivity contribution in [3.05, 3.63) is 0 Å². The molecule has 0 spiro atoms. The van der Waals surface area contributed by atoms with Crippen molar-refractivity contribution in [3.63, 3.8) is 0 Å². The van der Waals surface area contributed by atoms with Gasteiger partial charge in [-0.15, -0.1) is 0 Å². The third kappa shape index (κ3) is 16.2. The molecule has 0 saturated carbocycles. The molecule has 8 saturated heterocycles. The molecule has 546 valence electrons. The highest BCUT2D eigenvalue weighted by Crippen LogP contribution is 2.40. The maximum absolute atomic E-state index is 13.0. The molecule has 94 heavy (non-hydrogen) atoms. The van der Waals surface area contributed by atoms with Gasteiger partial charge in [-0.1, -0.05) is 0 Å². The molecule has 8 rings (SSSR count). The second-order valence-corrected chi connectivity index (χ2v) is 23.8. The van der Waals surface area contributed by atoms with Gasteiger partial charge in [-0.25, -0.2) is 0 Å². The fraction of sp³-hybridized carbons (Fsp3) is 0.962. The van der Waals surface area contributed by atoms with Crippen LogP contribution in [0, 0.1) is 0 Å². The van der Waals surface area contributed by atoms with Gasteiger partial charge in [0.1, 0.15) is 189 Å². The Morgan fingerprint density at radius 3 is 0.989 bits per heavy atom. The highest BCUT2D eigenvalue weighted by atomic mass is 16.8. The van der Waals surface area contributed by atoms with Gasteiger partial charge in [0.25, 0.3) is 0 Å². The van der Waals surface area contributed by atoms with Crippen LogP contribution >= 0.6 is 0 Å². The maximum Gasteiger partial charge on any atom is 0.217 e. The lowest BCUT2D eigenvalue weighted by Crippen LogP contribution is -2.71. The highest BCUT2D eigenvalue weighted by Gasteiger charge is 2.60. The van der Waals surface area contributed by atoms with E-state index in [1.807, 2.05) is 0 Å². The fourth-order valence-electron chi connectivity index (χ4n) is 12.2. The summed E-state index contributed by atoms with van der Waals surface area (Å²) < 4.78 is 87.2. The number of hydrogen-bond donors (Lipinski definition) is 25. The van der Waals surface area contributed by atoms with Crippen molar-refractivity contribution in [1.29, 1.82) is 0 Å². The zero-order valence-electron chi connectivity index (χ0n) is 50.3. The number of carbonyl (C=O) groups is 2. The summed E-state index contributed by atoms with van der Waals surface area (Å²) in [7, 11) is 0. The first-order chi connectivity index (χ1) is 44.5. The Kier molecular flexibility index (Phi) is 27.3. The number of aliphatic hydroxyl groups is 23. The fourth-order valence-corrected chi connectivity index (χ4v) is 12.2. The minimum absolute atomic E-state index is 0.904. The summed E-state index contributed by atoms with van der Waals surface area (Å²) in [5, 5.41) is 255. The molecule has 0 aromatic heterocycles. The summed E-state index contributed by atoms with van der Waals surface area (Å²) in [5.74, 6) is -1.85. The molecule has 8 aliphatic heterocycles. The molecular formula is C52H88N2O40. The molecule has 8 fully saturated rings. The normalized spacial score (nSPS) is 51.2. The first kappa shape index (κ1) is 77.2. The molecule has 40 atom stereocenters. The van der Waals surface area contributed by atoms with Gasteiger partial charge in [-0.05, 0) is 6.92 Å². The number of rotatable bonds is 23. The molecule has 8 heterocycles. The summed E-state index contributed by atoms with van der Waals surface area (Å²) in [6.07, 6.45) is -75.4. The van der Waals surface area contributed by atoms with Gasteiger partial charge >= 0.3 is 0 Å². The first-order valence-corrected chi connectivity index (χ1v) is 30.0. The zero-order valence-corrected chi connectivity index (χ0v) is 50.3. The second-order valence-electron chi connectivity index (χ2n) is 23.8. The van der Waals surface area contributed by atoms with E-state index in [2.05, 4.69) is 10.6 Å². The summed E-state index contributed by atoms with van der Waals surface area (Å²) in [6, 6.07) is -3.81. The van der Waals surface area contributed by atoms with Crippen molar-refractivity contribution in [1.82, 2.24) is 10.6 Å². The van der Waals surface area contributed by atoms with Crippen molar-refractivity contribution in [2.45, 2.75) is 266 Å². The standard InChI is InChI=1S/C52H88N2O40/c1-11-23(64)30(71)34(75)48(80-11)94-44-43(93-49-35(76)31(72)24(65)14(4-55)82-49)27(68)17(7-58)85-52(44)90-39-20(10-61)87-47(22(29(39)70)54-13(3)63)91-41-25(66)15(5-56)83-50(36(41)77)88-38-19(9-60)86-46(21(28(38)69)53-12(2)62)92-42-26(67)16(6-57)84-51(37(42)78)89-40-18(8-59)81-45(79)33(74)32(40)73/h11,14-52,55-61,64-79H,4-10H2,1-3H3,(H,53,62)(H,54,63)/t11-,14+,15+,16+,17+,18+,19+,20+,21+,22+,23+,24-,25-,26-,27-,28+,29+,30+,31-,32+,33+,34-,35+,36+,37+,38+,39+,40+,41-,42-,43-,44+,45?,46-,47-,48-,49+,50-,51-,52-/m0/s1. The smallest absolute Gasteiger partial charge is 0.217 e. The first-order valence-electron chi connectivity index (χ1n) is 30.0. The quantitative estimate of drug-likeness (QED) is 0.0452. The van der Waals surface area contributed by atoms with E-state index in [1.165, 1.54) is 6.92 Å². The topological polar surface area (TPSA) is 662 Å². The van der Waals surface area contributed by atoms with Crippen molar-refractivity contribution in [2.24, 2.45) is 0 Å². The zero-order chi connectivity index (χ0) is 69.2. The largest absolute Gasteiger partial charge is 0.394 e. The van der Waals surface area contributed by atoms with Crippen LogP contribution in [-0.4, -0.2) is 421 Å². The van der Waals surface area contributed by atoms with Crippen molar-refractivity contribution < 1.29 is 198 Å². The molecule has 42 nitrogen and oxygen atoms in total. The van der Waals surface area contributed by atoms with Crippen LogP contribution in [0.5, 0.6) is 0 Å². The Hall–Kier alpha value is -2.58. The predicted octanol–water partition coefficient (Wildman–Crippen LogP) is -17.1. The molecule has 8 aliphatic rings. The van der Waals surface area contributed by atoms with Crippen molar-refractivity contribution in [3.8, 4) is 0 Å². The molecule has 25 N–H and O–H groups in total. The third-order valence-corrected chi connectivity index (χ3v) is 17.4. The van der Waals surface area contributed by atoms with E-state index in [1.54, 1.807) is 0 Å². The number of carbonyl (C=O) groups excluding carboxylic acids is 2. The number of ether oxygens (including phenoxy) is 15. The Morgan fingerprint density at radius 1 is 0.277 bits per heavy atom. The van der Waals surface area contributed by atoms with Crippen LogP contribution in [0.2, 0.25) is 0 Å². The molecule has 0 radical (unpaired) electrons. The summed E-state index contributed by atoms with van der Waals surface area (Å²) >= 11 is 0. The average molecular weight is 1380 g/mol. The van der Waals surface area contributed by atoms with Crippen LogP contribution in [0.25, 0.3) is 0 Å². The Morgan fingerprint density at radius 2 is 0.574 bits per heavy atom. The molecule has 0 aliphatic carbocycles. The summed E-state index contributed by atoms with van der Waals surface area (Å²) in [5.41, 5.74) is 0. The van der Waals surface area contributed by atoms with Crippen LogP contribution in [0.4, 0.5) is 0 Å². The van der Waals surface area contributed by atoms with E-state index >= 15 is 0 Å². The van der Waals surface area contributed by atoms with E-state index in [0.717, 1.165) is 13.8 Å². The van der Waals surface area contributed by atoms with E-state index in [4.69, 9.17) is 71.1 Å². The minimum atomic E-state index is -2.34. The van der Waals surface area contributed by atoms with Gasteiger partial charge in [0.15, 0.2) is 50.3 Å². The van der Waals surface area contributed by atoms with Crippen LogP contribution < -0.4 is 10.6 Å². The Bertz CT molecular complexity index is 2370. The van der Waals surface area contributed by atoms with E-state index in [-0.39, 0.29) is 0 Å². The van der Waals surface area contributed by atoms with Crippen molar-refractivity contribution >= 4 is 11.8 Å². The lowest BCUT2D eigenvalue weighted by atomic mass is 9.93. The molecule has 0 bridgehead atoms. The molecule has 42 heteroatoms.